The molecule has 41 heavy (non-hydrogen) atoms. The van der Waals surface area contributed by atoms with Crippen LogP contribution in [0.3, 0.4) is 0 Å². The number of hydrogen-bond acceptors (Lipinski definition) is 11. The average molecular weight is 632 g/mol. The number of ether oxygens (including phenoxy) is 6. The summed E-state index contributed by atoms with van der Waals surface area (Å²) in [5, 5.41) is 0. The first kappa shape index (κ1) is 35.2. The van der Waals surface area contributed by atoms with Gasteiger partial charge in [0.15, 0.2) is 12.2 Å². The van der Waals surface area contributed by atoms with Crippen LogP contribution in [0.2, 0.25) is 0 Å². The molecule has 0 aromatic carbocycles. The normalized spacial score (nSPS) is 23.6. The van der Waals surface area contributed by atoms with Crippen LogP contribution in [0.25, 0.3) is 0 Å². The largest absolute Gasteiger partial charge is 0.491 e. The van der Waals surface area contributed by atoms with Gasteiger partial charge < -0.3 is 28.4 Å². The molecule has 0 amide bonds. The molecule has 23 heteroatoms. The van der Waals surface area contributed by atoms with Crippen LogP contribution in [0.15, 0.2) is 12.2 Å². The minimum atomic E-state index is -6.14. The SMILES string of the molecule is C=C(C)C(=O)OCC1OC(OC(=O)C(F)(F)F)C(OC(=O)C(F)(F)F)C(OC(=O)C(F)(F)F)C1OC(=O)C(F)(F)F. The van der Waals surface area contributed by atoms with Gasteiger partial charge in [-0.05, 0) is 6.92 Å². The predicted molar refractivity (Wildman–Crippen MR) is 94.4 cm³/mol. The molecule has 0 aliphatic carbocycles. The summed E-state index contributed by atoms with van der Waals surface area (Å²) in [4.78, 5) is 57.2. The molecule has 5 unspecified atom stereocenters. The van der Waals surface area contributed by atoms with Gasteiger partial charge in [-0.2, -0.15) is 52.7 Å². The van der Waals surface area contributed by atoms with Crippen molar-refractivity contribution in [2.24, 2.45) is 0 Å². The van der Waals surface area contributed by atoms with E-state index in [1.54, 1.807) is 0 Å². The average Bonchev–Trinajstić information content (AvgIpc) is 2.78. The monoisotopic (exact) mass is 632 g/mol. The second-order valence-corrected chi connectivity index (χ2v) is 7.43. The summed E-state index contributed by atoms with van der Waals surface area (Å²) in [6.07, 6.45) is -41.1. The van der Waals surface area contributed by atoms with Crippen molar-refractivity contribution >= 4 is 29.8 Å². The van der Waals surface area contributed by atoms with E-state index in [0.29, 0.717) is 0 Å². The Morgan fingerprint density at radius 3 is 1.32 bits per heavy atom. The van der Waals surface area contributed by atoms with Crippen LogP contribution in [0.4, 0.5) is 52.7 Å². The highest BCUT2D eigenvalue weighted by molar-refractivity contribution is 5.87. The van der Waals surface area contributed by atoms with Gasteiger partial charge in [0.1, 0.15) is 12.7 Å². The highest BCUT2D eigenvalue weighted by atomic mass is 19.4. The lowest BCUT2D eigenvalue weighted by molar-refractivity contribution is -0.320. The standard InChI is InChI=1S/C18H12F12O11/c1-4(2)9(31)36-3-5-6(38-11(32)15(19,20)21)7(39-12(33)16(22,23)24)8(40-13(34)17(25,26)27)10(37-5)41-14(35)18(28,29)30/h5-8,10H,1,3H2,2H3. The van der Waals surface area contributed by atoms with Crippen molar-refractivity contribution < 1.29 is 105 Å². The summed E-state index contributed by atoms with van der Waals surface area (Å²) in [6, 6.07) is 0. The van der Waals surface area contributed by atoms with Crippen molar-refractivity contribution in [1.82, 2.24) is 0 Å². The molecule has 1 saturated heterocycles. The summed E-state index contributed by atoms with van der Waals surface area (Å²) in [5.74, 6) is -15.2. The van der Waals surface area contributed by atoms with Crippen molar-refractivity contribution in [3.63, 3.8) is 0 Å². The summed E-state index contributed by atoms with van der Waals surface area (Å²) in [7, 11) is 0. The van der Waals surface area contributed by atoms with Gasteiger partial charge in [0.05, 0.1) is 0 Å². The van der Waals surface area contributed by atoms with Crippen molar-refractivity contribution in [3.8, 4) is 0 Å². The van der Waals surface area contributed by atoms with Crippen molar-refractivity contribution in [3.05, 3.63) is 12.2 Å². The van der Waals surface area contributed by atoms with E-state index < -0.39 is 97.4 Å². The zero-order valence-corrected chi connectivity index (χ0v) is 19.3. The molecule has 0 aromatic rings. The molecule has 0 saturated carbocycles. The molecule has 0 N–H and O–H groups in total. The number of rotatable bonds is 7. The molecule has 11 nitrogen and oxygen atoms in total. The summed E-state index contributed by atoms with van der Waals surface area (Å²) in [6.45, 7) is 2.35. The zero-order chi connectivity index (χ0) is 32.3. The topological polar surface area (TPSA) is 141 Å². The molecule has 234 valence electrons. The Morgan fingerprint density at radius 1 is 0.610 bits per heavy atom. The smallest absolute Gasteiger partial charge is 0.459 e. The molecular weight excluding hydrogens is 620 g/mol. The van der Waals surface area contributed by atoms with Crippen LogP contribution in [-0.4, -0.2) is 91.9 Å². The van der Waals surface area contributed by atoms with E-state index in [9.17, 15) is 76.7 Å². The maximum absolute atomic E-state index is 12.9. The molecule has 0 radical (unpaired) electrons. The molecule has 1 rings (SSSR count). The fraction of sp³-hybridized carbons (Fsp3) is 0.611. The Labute approximate surface area is 217 Å². The highest BCUT2D eigenvalue weighted by Crippen LogP contribution is 2.35. The Balaban J connectivity index is 3.81. The molecule has 0 aromatic heterocycles. The third kappa shape index (κ3) is 9.97. The zero-order valence-electron chi connectivity index (χ0n) is 19.3. The van der Waals surface area contributed by atoms with E-state index in [-0.39, 0.29) is 0 Å². The number of carbonyl (C=O) groups excluding carboxylic acids is 5. The Kier molecular flexibility index (Phi) is 10.6. The van der Waals surface area contributed by atoms with Gasteiger partial charge in [-0.25, -0.2) is 24.0 Å². The lowest BCUT2D eigenvalue weighted by Gasteiger charge is -2.43. The van der Waals surface area contributed by atoms with E-state index in [0.717, 1.165) is 6.92 Å². The first-order chi connectivity index (χ1) is 18.3. The Bertz CT molecular complexity index is 1040. The molecular formula is C18H12F12O11. The van der Waals surface area contributed by atoms with Crippen molar-refractivity contribution in [2.75, 3.05) is 6.61 Å². The van der Waals surface area contributed by atoms with E-state index in [1.165, 1.54) is 0 Å². The maximum Gasteiger partial charge on any atom is 0.491 e. The fourth-order valence-corrected chi connectivity index (χ4v) is 2.53. The second-order valence-electron chi connectivity index (χ2n) is 7.43. The summed E-state index contributed by atoms with van der Waals surface area (Å²) >= 11 is 0. The lowest BCUT2D eigenvalue weighted by Crippen LogP contribution is -2.65. The van der Waals surface area contributed by atoms with E-state index in [2.05, 4.69) is 35.0 Å². The van der Waals surface area contributed by atoms with Crippen LogP contribution >= 0.6 is 0 Å². The molecule has 0 spiro atoms. The highest BCUT2D eigenvalue weighted by Gasteiger charge is 2.60. The van der Waals surface area contributed by atoms with Crippen LogP contribution in [0.1, 0.15) is 6.92 Å². The number of esters is 5. The van der Waals surface area contributed by atoms with Gasteiger partial charge in [-0.3, -0.25) is 0 Å². The number of carbonyl (C=O) groups is 5. The molecule has 1 fully saturated rings. The molecule has 1 aliphatic rings. The number of hydrogen-bond donors (Lipinski definition) is 0. The third-order valence-electron chi connectivity index (χ3n) is 4.20. The van der Waals surface area contributed by atoms with Gasteiger partial charge in [0, 0.05) is 5.57 Å². The molecule has 5 atom stereocenters. The Hall–Kier alpha value is -3.79. The lowest BCUT2D eigenvalue weighted by atomic mass is 9.98. The molecule has 1 heterocycles. The first-order valence-electron chi connectivity index (χ1n) is 9.86. The third-order valence-corrected chi connectivity index (χ3v) is 4.20. The van der Waals surface area contributed by atoms with E-state index >= 15 is 0 Å². The Morgan fingerprint density at radius 2 is 0.951 bits per heavy atom. The van der Waals surface area contributed by atoms with Crippen molar-refractivity contribution in [2.45, 2.75) is 62.3 Å². The predicted octanol–water partition coefficient (Wildman–Crippen LogP) is 2.36. The minimum absolute atomic E-state index is 0.498. The number of halogens is 12. The van der Waals surface area contributed by atoms with Gasteiger partial charge >= 0.3 is 54.6 Å². The second kappa shape index (κ2) is 12.4. The van der Waals surface area contributed by atoms with Crippen LogP contribution in [0, 0.1) is 0 Å². The van der Waals surface area contributed by atoms with Crippen LogP contribution in [-0.2, 0) is 52.4 Å². The van der Waals surface area contributed by atoms with Gasteiger partial charge in [-0.1, -0.05) is 6.58 Å². The van der Waals surface area contributed by atoms with E-state index in [1.807, 2.05) is 0 Å². The fourth-order valence-electron chi connectivity index (χ4n) is 2.53. The first-order valence-corrected chi connectivity index (χ1v) is 9.86. The summed E-state index contributed by atoms with van der Waals surface area (Å²) in [5.41, 5.74) is -0.498. The molecule has 1 aliphatic heterocycles. The van der Waals surface area contributed by atoms with Crippen molar-refractivity contribution in [1.29, 1.82) is 0 Å². The van der Waals surface area contributed by atoms with Gasteiger partial charge in [-0.15, -0.1) is 0 Å². The molecule has 0 bridgehead atoms. The minimum Gasteiger partial charge on any atom is -0.459 e. The maximum atomic E-state index is 12.9. The summed E-state index contributed by atoms with van der Waals surface area (Å²) < 4.78 is 178. The van der Waals surface area contributed by atoms with Gasteiger partial charge in [0.2, 0.25) is 12.4 Å². The van der Waals surface area contributed by atoms with Crippen LogP contribution < -0.4 is 0 Å². The van der Waals surface area contributed by atoms with E-state index in [4.69, 9.17) is 0 Å². The van der Waals surface area contributed by atoms with Crippen LogP contribution in [0.5, 0.6) is 0 Å². The van der Waals surface area contributed by atoms with Gasteiger partial charge in [0.25, 0.3) is 0 Å². The number of alkyl halides is 12. The quantitative estimate of drug-likeness (QED) is 0.177.